The Labute approximate surface area is 163 Å². The van der Waals surface area contributed by atoms with E-state index in [0.717, 1.165) is 16.7 Å². The highest BCUT2D eigenvalue weighted by atomic mass is 16.3. The number of benzene rings is 2. The van der Waals surface area contributed by atoms with Crippen LogP contribution < -0.4 is 11.1 Å². The second-order valence-electron chi connectivity index (χ2n) is 6.83. The topological polar surface area (TPSA) is 113 Å². The Morgan fingerprint density at radius 3 is 2.21 bits per heavy atom. The van der Waals surface area contributed by atoms with Crippen molar-refractivity contribution in [3.8, 4) is 0 Å². The first-order chi connectivity index (χ1) is 13.5. The number of aliphatic hydroxyl groups excluding tert-OH is 1. The van der Waals surface area contributed by atoms with Gasteiger partial charge in [-0.15, -0.1) is 0 Å². The minimum Gasteiger partial charge on any atom is -0.383 e. The molecule has 0 spiro atoms. The fourth-order valence-electron chi connectivity index (χ4n) is 3.00. The highest BCUT2D eigenvalue weighted by Crippen LogP contribution is 2.11. The fraction of sp³-hybridized carbons (Fsp3) is 0.286. The van der Waals surface area contributed by atoms with Crippen LogP contribution in [-0.2, 0) is 29.1 Å². The number of nitrogens with one attached hydrogen (secondary N) is 1. The molecule has 7 nitrogen and oxygen atoms in total. The number of likely N-dealkylation sites (tertiary alicyclic amines) is 1. The second kappa shape index (κ2) is 8.77. The molecule has 1 atom stereocenters. The summed E-state index contributed by atoms with van der Waals surface area (Å²) in [4.78, 5) is 37.1. The largest absolute Gasteiger partial charge is 0.383 e. The smallest absolute Gasteiger partial charge is 0.251 e. The maximum Gasteiger partial charge on any atom is 0.251 e. The number of carbonyl (C=O) groups is 3. The molecule has 0 aromatic heterocycles. The zero-order valence-electron chi connectivity index (χ0n) is 15.4. The summed E-state index contributed by atoms with van der Waals surface area (Å²) in [5.41, 5.74) is 8.81. The van der Waals surface area contributed by atoms with E-state index in [0.29, 0.717) is 18.7 Å². The Morgan fingerprint density at radius 1 is 1.04 bits per heavy atom. The van der Waals surface area contributed by atoms with Gasteiger partial charge in [-0.2, -0.15) is 0 Å². The Morgan fingerprint density at radius 2 is 1.64 bits per heavy atom. The zero-order valence-corrected chi connectivity index (χ0v) is 15.4. The van der Waals surface area contributed by atoms with Crippen LogP contribution in [0.5, 0.6) is 0 Å². The van der Waals surface area contributed by atoms with Crippen molar-refractivity contribution in [3.05, 3.63) is 70.8 Å². The first kappa shape index (κ1) is 19.7. The molecule has 28 heavy (non-hydrogen) atoms. The Hall–Kier alpha value is -3.03. The number of ketones is 1. The maximum absolute atomic E-state index is 12.2. The van der Waals surface area contributed by atoms with E-state index in [1.807, 2.05) is 36.4 Å². The molecule has 0 aliphatic carbocycles. The Bertz CT molecular complexity index is 862. The van der Waals surface area contributed by atoms with Crippen LogP contribution in [0.2, 0.25) is 0 Å². The SMILES string of the molecule is NCc1ccc(C(=O)NCc2ccc(CC(=O)N3CC(=O)C(O)C3)cc2)cc1. The number of aliphatic hydroxyl groups is 1. The molecule has 1 heterocycles. The molecule has 1 aliphatic rings. The fourth-order valence-corrected chi connectivity index (χ4v) is 3.00. The van der Waals surface area contributed by atoms with E-state index in [9.17, 15) is 19.5 Å². The molecule has 1 unspecified atom stereocenters. The van der Waals surface area contributed by atoms with Crippen LogP contribution in [0.15, 0.2) is 48.5 Å². The van der Waals surface area contributed by atoms with Gasteiger partial charge in [-0.05, 0) is 28.8 Å². The van der Waals surface area contributed by atoms with Gasteiger partial charge in [-0.25, -0.2) is 0 Å². The number of nitrogens with zero attached hydrogens (tertiary/aromatic N) is 1. The van der Waals surface area contributed by atoms with E-state index in [4.69, 9.17) is 5.73 Å². The molecule has 4 N–H and O–H groups in total. The summed E-state index contributed by atoms with van der Waals surface area (Å²) < 4.78 is 0. The van der Waals surface area contributed by atoms with Crippen molar-refractivity contribution in [3.63, 3.8) is 0 Å². The standard InChI is InChI=1S/C21H23N3O4/c22-10-15-5-7-17(8-6-15)21(28)23-11-16-3-1-14(2-4-16)9-20(27)24-12-18(25)19(26)13-24/h1-8,18,25H,9-13,22H2,(H,23,28). The molecule has 146 valence electrons. The molecule has 0 bridgehead atoms. The third kappa shape index (κ3) is 4.82. The summed E-state index contributed by atoms with van der Waals surface area (Å²) in [7, 11) is 0. The van der Waals surface area contributed by atoms with Gasteiger partial charge in [0, 0.05) is 18.7 Å². The van der Waals surface area contributed by atoms with E-state index in [1.54, 1.807) is 12.1 Å². The van der Waals surface area contributed by atoms with Crippen molar-refractivity contribution in [2.75, 3.05) is 13.1 Å². The van der Waals surface area contributed by atoms with Gasteiger partial charge in [0.15, 0.2) is 5.78 Å². The first-order valence-corrected chi connectivity index (χ1v) is 9.10. The quantitative estimate of drug-likeness (QED) is 0.670. The van der Waals surface area contributed by atoms with Crippen molar-refractivity contribution in [2.24, 2.45) is 5.73 Å². The average Bonchev–Trinajstić information content (AvgIpc) is 3.06. The number of carbonyl (C=O) groups excluding carboxylic acids is 3. The zero-order chi connectivity index (χ0) is 20.1. The molecule has 7 heteroatoms. The van der Waals surface area contributed by atoms with Gasteiger partial charge in [-0.1, -0.05) is 36.4 Å². The number of Topliss-reactive ketones (excluding diaryl/α,β-unsaturated/α-hetero) is 1. The Kier molecular flexibility index (Phi) is 6.18. The van der Waals surface area contributed by atoms with Crippen molar-refractivity contribution >= 4 is 17.6 Å². The van der Waals surface area contributed by atoms with Crippen molar-refractivity contribution in [2.45, 2.75) is 25.6 Å². The van der Waals surface area contributed by atoms with Gasteiger partial charge in [0.1, 0.15) is 6.10 Å². The molecule has 1 fully saturated rings. The summed E-state index contributed by atoms with van der Waals surface area (Å²) in [5.74, 6) is -0.677. The van der Waals surface area contributed by atoms with E-state index in [-0.39, 0.29) is 37.1 Å². The van der Waals surface area contributed by atoms with Gasteiger partial charge >= 0.3 is 0 Å². The number of amides is 2. The van der Waals surface area contributed by atoms with E-state index < -0.39 is 6.10 Å². The summed E-state index contributed by atoms with van der Waals surface area (Å²) in [5, 5.41) is 12.3. The van der Waals surface area contributed by atoms with Gasteiger partial charge < -0.3 is 21.1 Å². The number of hydrogen-bond acceptors (Lipinski definition) is 5. The first-order valence-electron chi connectivity index (χ1n) is 9.10. The van der Waals surface area contributed by atoms with Crippen LogP contribution in [0, 0.1) is 0 Å². The van der Waals surface area contributed by atoms with E-state index in [2.05, 4.69) is 5.32 Å². The van der Waals surface area contributed by atoms with Gasteiger partial charge in [0.25, 0.3) is 5.91 Å². The number of hydrogen-bond donors (Lipinski definition) is 3. The highest BCUT2D eigenvalue weighted by Gasteiger charge is 2.31. The lowest BCUT2D eigenvalue weighted by Gasteiger charge is -2.14. The van der Waals surface area contributed by atoms with Crippen molar-refractivity contribution in [1.29, 1.82) is 0 Å². The lowest BCUT2D eigenvalue weighted by atomic mass is 10.1. The summed E-state index contributed by atoms with van der Waals surface area (Å²) >= 11 is 0. The number of β-amino-alcohol motifs (C(OH)–C–C–N with tert-alkyl or cyclic N) is 1. The molecule has 0 saturated carbocycles. The van der Waals surface area contributed by atoms with E-state index >= 15 is 0 Å². The van der Waals surface area contributed by atoms with Crippen molar-refractivity contribution < 1.29 is 19.5 Å². The molecule has 2 amide bonds. The molecule has 2 aromatic carbocycles. The normalized spacial score (nSPS) is 16.3. The average molecular weight is 381 g/mol. The second-order valence-corrected chi connectivity index (χ2v) is 6.83. The Balaban J connectivity index is 1.50. The lowest BCUT2D eigenvalue weighted by Crippen LogP contribution is -2.31. The predicted octanol–water partition coefficient (Wildman–Crippen LogP) is 0.390. The molecular formula is C21H23N3O4. The van der Waals surface area contributed by atoms with Gasteiger partial charge in [0.05, 0.1) is 19.5 Å². The van der Waals surface area contributed by atoms with Crippen LogP contribution in [-0.4, -0.2) is 46.8 Å². The number of rotatable bonds is 6. The van der Waals surface area contributed by atoms with Gasteiger partial charge in [-0.3, -0.25) is 14.4 Å². The monoisotopic (exact) mass is 381 g/mol. The van der Waals surface area contributed by atoms with Crippen LogP contribution in [0.4, 0.5) is 0 Å². The summed E-state index contributed by atoms with van der Waals surface area (Å²) in [6.45, 7) is 0.842. The minimum atomic E-state index is -1.07. The maximum atomic E-state index is 12.2. The summed E-state index contributed by atoms with van der Waals surface area (Å²) in [6, 6.07) is 14.5. The molecule has 2 aromatic rings. The van der Waals surface area contributed by atoms with Crippen LogP contribution in [0.3, 0.4) is 0 Å². The minimum absolute atomic E-state index is 0.0314. The number of nitrogens with two attached hydrogens (primary N) is 1. The third-order valence-electron chi connectivity index (χ3n) is 4.75. The van der Waals surface area contributed by atoms with Crippen LogP contribution >= 0.6 is 0 Å². The molecule has 1 saturated heterocycles. The predicted molar refractivity (Wildman–Crippen MR) is 103 cm³/mol. The molecular weight excluding hydrogens is 358 g/mol. The highest BCUT2D eigenvalue weighted by molar-refractivity contribution is 5.94. The third-order valence-corrected chi connectivity index (χ3v) is 4.75. The lowest BCUT2D eigenvalue weighted by molar-refractivity contribution is -0.131. The molecule has 0 radical (unpaired) electrons. The van der Waals surface area contributed by atoms with Crippen molar-refractivity contribution in [1.82, 2.24) is 10.2 Å². The van der Waals surface area contributed by atoms with E-state index in [1.165, 1.54) is 4.90 Å². The van der Waals surface area contributed by atoms with Crippen LogP contribution in [0.1, 0.15) is 27.0 Å². The molecule has 3 rings (SSSR count). The van der Waals surface area contributed by atoms with Crippen LogP contribution in [0.25, 0.3) is 0 Å². The molecule has 1 aliphatic heterocycles. The van der Waals surface area contributed by atoms with Gasteiger partial charge in [0.2, 0.25) is 5.91 Å². The summed E-state index contributed by atoms with van der Waals surface area (Å²) in [6.07, 6.45) is -0.901.